The first-order chi connectivity index (χ1) is 9.83. The van der Waals surface area contributed by atoms with Crippen LogP contribution in [0.1, 0.15) is 98.8 Å². The summed E-state index contributed by atoms with van der Waals surface area (Å²) in [5.41, 5.74) is 0.282. The van der Waals surface area contributed by atoms with Crippen molar-refractivity contribution < 1.29 is 5.11 Å². The number of aliphatic hydroxyl groups excluding tert-OH is 1. The Morgan fingerprint density at radius 2 is 1.24 bits per heavy atom. The molecule has 0 bridgehead atoms. The van der Waals surface area contributed by atoms with Crippen LogP contribution in [0.2, 0.25) is 0 Å². The van der Waals surface area contributed by atoms with E-state index in [0.29, 0.717) is 0 Å². The van der Waals surface area contributed by atoms with Gasteiger partial charge in [-0.05, 0) is 48.9 Å². The quantitative estimate of drug-likeness (QED) is 0.455. The molecule has 0 heterocycles. The van der Waals surface area contributed by atoms with Gasteiger partial charge in [-0.3, -0.25) is 0 Å². The zero-order valence-electron chi connectivity index (χ0n) is 15.3. The number of hydrogen-bond donors (Lipinski definition) is 1. The van der Waals surface area contributed by atoms with Crippen molar-refractivity contribution in [2.75, 3.05) is 0 Å². The van der Waals surface area contributed by atoms with Gasteiger partial charge in [0.15, 0.2) is 0 Å². The zero-order valence-corrected chi connectivity index (χ0v) is 15.3. The van der Waals surface area contributed by atoms with Gasteiger partial charge in [0.2, 0.25) is 0 Å². The van der Waals surface area contributed by atoms with Crippen molar-refractivity contribution in [3.8, 4) is 0 Å². The highest BCUT2D eigenvalue weighted by Gasteiger charge is 2.43. The van der Waals surface area contributed by atoms with E-state index in [1.165, 1.54) is 57.8 Å². The third-order valence-electron chi connectivity index (χ3n) is 5.65. The average molecular weight is 297 g/mol. The Hall–Kier alpha value is -0.0400. The van der Waals surface area contributed by atoms with Gasteiger partial charge in [0.1, 0.15) is 0 Å². The Bertz CT molecular complexity index is 267. The maximum atomic E-state index is 10.2. The molecule has 1 N–H and O–H groups in total. The summed E-state index contributed by atoms with van der Waals surface area (Å²) in [5, 5.41) is 10.2. The third-order valence-corrected chi connectivity index (χ3v) is 5.65. The molecule has 0 saturated heterocycles. The first-order valence-electron chi connectivity index (χ1n) is 9.51. The van der Waals surface area contributed by atoms with Crippen molar-refractivity contribution in [3.63, 3.8) is 0 Å². The van der Waals surface area contributed by atoms with Crippen LogP contribution in [0.4, 0.5) is 0 Å². The Labute approximate surface area is 133 Å². The fourth-order valence-corrected chi connectivity index (χ4v) is 3.30. The van der Waals surface area contributed by atoms with Crippen LogP contribution in [-0.2, 0) is 0 Å². The molecule has 1 aliphatic rings. The lowest BCUT2D eigenvalue weighted by molar-refractivity contribution is 0.0871. The highest BCUT2D eigenvalue weighted by Crippen LogP contribution is 2.49. The fraction of sp³-hybridized carbons (Fsp3) is 1.00. The summed E-state index contributed by atoms with van der Waals surface area (Å²) >= 11 is 0. The van der Waals surface area contributed by atoms with E-state index in [4.69, 9.17) is 0 Å². The van der Waals surface area contributed by atoms with E-state index in [1.54, 1.807) is 0 Å². The van der Waals surface area contributed by atoms with Crippen LogP contribution in [0.3, 0.4) is 0 Å². The van der Waals surface area contributed by atoms with Crippen LogP contribution in [0.15, 0.2) is 0 Å². The molecule has 1 saturated carbocycles. The second kappa shape index (κ2) is 9.18. The van der Waals surface area contributed by atoms with Gasteiger partial charge >= 0.3 is 0 Å². The molecule has 21 heavy (non-hydrogen) atoms. The van der Waals surface area contributed by atoms with Crippen molar-refractivity contribution in [1.82, 2.24) is 0 Å². The largest absolute Gasteiger partial charge is 0.393 e. The lowest BCUT2D eigenvalue weighted by Gasteiger charge is -2.20. The molecule has 1 nitrogen and oxygen atoms in total. The molecule has 0 aliphatic heterocycles. The third kappa shape index (κ3) is 8.24. The average Bonchev–Trinajstić information content (AvgIpc) is 3.15. The molecule has 1 fully saturated rings. The Morgan fingerprint density at radius 3 is 1.71 bits per heavy atom. The van der Waals surface area contributed by atoms with Crippen molar-refractivity contribution in [2.45, 2.75) is 105 Å². The Balaban J connectivity index is 1.98. The molecule has 0 aromatic heterocycles. The van der Waals surface area contributed by atoms with Gasteiger partial charge in [0.05, 0.1) is 6.10 Å². The lowest BCUT2D eigenvalue weighted by Crippen LogP contribution is -2.19. The van der Waals surface area contributed by atoms with Crippen molar-refractivity contribution in [3.05, 3.63) is 0 Å². The summed E-state index contributed by atoms with van der Waals surface area (Å²) in [6.07, 6.45) is 12.9. The number of rotatable bonds is 12. The predicted octanol–water partition coefficient (Wildman–Crippen LogP) is 6.20. The van der Waals surface area contributed by atoms with Crippen LogP contribution in [-0.4, -0.2) is 11.2 Å². The van der Waals surface area contributed by atoms with E-state index in [1.807, 2.05) is 0 Å². The van der Waals surface area contributed by atoms with Gasteiger partial charge in [-0.25, -0.2) is 0 Å². The molecule has 0 aromatic rings. The summed E-state index contributed by atoms with van der Waals surface area (Å²) in [4.78, 5) is 0. The number of hydrogen-bond acceptors (Lipinski definition) is 1. The lowest BCUT2D eigenvalue weighted by atomic mass is 9.89. The second-order valence-corrected chi connectivity index (χ2v) is 8.71. The topological polar surface area (TPSA) is 20.2 Å². The summed E-state index contributed by atoms with van der Waals surface area (Å²) in [6.45, 7) is 11.7. The van der Waals surface area contributed by atoms with Crippen molar-refractivity contribution in [1.29, 1.82) is 0 Å². The summed E-state index contributed by atoms with van der Waals surface area (Å²) in [7, 11) is 0. The van der Waals surface area contributed by atoms with E-state index in [9.17, 15) is 5.11 Å². The van der Waals surface area contributed by atoms with Crippen LogP contribution in [0.25, 0.3) is 0 Å². The molecule has 0 radical (unpaired) electrons. The smallest absolute Gasteiger partial charge is 0.0593 e. The molecule has 0 aromatic carbocycles. The normalized spacial score (nSPS) is 21.3. The van der Waals surface area contributed by atoms with Gasteiger partial charge in [-0.1, -0.05) is 73.1 Å². The van der Waals surface area contributed by atoms with Crippen molar-refractivity contribution >= 4 is 0 Å². The first-order valence-corrected chi connectivity index (χ1v) is 9.51. The SMILES string of the molecule is CC(C)CCCC(C)CCCC(C)CCC(O)C1(C)CC1. The van der Waals surface area contributed by atoms with Gasteiger partial charge < -0.3 is 5.11 Å². The Morgan fingerprint density at radius 1 is 0.762 bits per heavy atom. The molecule has 1 heteroatoms. The zero-order chi connectivity index (χ0) is 15.9. The minimum Gasteiger partial charge on any atom is -0.393 e. The minimum absolute atomic E-state index is 0.0464. The summed E-state index contributed by atoms with van der Waals surface area (Å²) in [6, 6.07) is 0. The van der Waals surface area contributed by atoms with Crippen LogP contribution >= 0.6 is 0 Å². The molecular weight excluding hydrogens is 256 g/mol. The maximum Gasteiger partial charge on any atom is 0.0593 e. The van der Waals surface area contributed by atoms with E-state index < -0.39 is 0 Å². The summed E-state index contributed by atoms with van der Waals surface area (Å²) in [5.74, 6) is 2.54. The van der Waals surface area contributed by atoms with Gasteiger partial charge in [-0.2, -0.15) is 0 Å². The Kier molecular flexibility index (Phi) is 8.31. The molecule has 1 rings (SSSR count). The van der Waals surface area contributed by atoms with Crippen LogP contribution in [0, 0.1) is 23.2 Å². The minimum atomic E-state index is -0.0464. The molecule has 3 unspecified atom stereocenters. The fourth-order valence-electron chi connectivity index (χ4n) is 3.30. The van der Waals surface area contributed by atoms with Crippen LogP contribution in [0.5, 0.6) is 0 Å². The molecule has 0 amide bonds. The first kappa shape index (κ1) is 19.0. The molecule has 0 spiro atoms. The molecule has 3 atom stereocenters. The molecule has 126 valence electrons. The van der Waals surface area contributed by atoms with Gasteiger partial charge in [0.25, 0.3) is 0 Å². The molecular formula is C20H40O. The monoisotopic (exact) mass is 296 g/mol. The summed E-state index contributed by atoms with van der Waals surface area (Å²) < 4.78 is 0. The van der Waals surface area contributed by atoms with E-state index in [0.717, 1.165) is 24.2 Å². The number of aliphatic hydroxyl groups is 1. The second-order valence-electron chi connectivity index (χ2n) is 8.71. The highest BCUT2D eigenvalue weighted by atomic mass is 16.3. The van der Waals surface area contributed by atoms with E-state index in [-0.39, 0.29) is 11.5 Å². The van der Waals surface area contributed by atoms with E-state index >= 15 is 0 Å². The van der Waals surface area contributed by atoms with Crippen LogP contribution < -0.4 is 0 Å². The maximum absolute atomic E-state index is 10.2. The van der Waals surface area contributed by atoms with Crippen molar-refractivity contribution in [2.24, 2.45) is 23.2 Å². The van der Waals surface area contributed by atoms with E-state index in [2.05, 4.69) is 34.6 Å². The van der Waals surface area contributed by atoms with Gasteiger partial charge in [0, 0.05) is 0 Å². The van der Waals surface area contributed by atoms with Gasteiger partial charge in [-0.15, -0.1) is 0 Å². The highest BCUT2D eigenvalue weighted by molar-refractivity contribution is 4.94. The molecule has 1 aliphatic carbocycles. The standard InChI is InChI=1S/C20H40O/c1-16(2)8-6-9-17(3)10-7-11-18(4)12-13-19(21)20(5)14-15-20/h16-19,21H,6-15H2,1-5H3. The predicted molar refractivity (Wildman–Crippen MR) is 93.4 cm³/mol.